The van der Waals surface area contributed by atoms with Gasteiger partial charge in [-0.3, -0.25) is 4.79 Å². The third kappa shape index (κ3) is 4.84. The van der Waals surface area contributed by atoms with Crippen LogP contribution in [0.3, 0.4) is 0 Å². The first-order chi connectivity index (χ1) is 14.1. The second kappa shape index (κ2) is 8.76. The van der Waals surface area contributed by atoms with Crippen molar-refractivity contribution in [2.75, 3.05) is 5.75 Å². The highest BCUT2D eigenvalue weighted by atomic mass is 35.5. The zero-order chi connectivity index (χ0) is 20.2. The van der Waals surface area contributed by atoms with E-state index < -0.39 is 12.1 Å². The van der Waals surface area contributed by atoms with Crippen LogP contribution < -0.4 is 0 Å². The summed E-state index contributed by atoms with van der Waals surface area (Å²) in [6.07, 6.45) is -0.670. The fraction of sp³-hybridized carbons (Fsp3) is 0.167. The van der Waals surface area contributed by atoms with Crippen molar-refractivity contribution < 1.29 is 18.4 Å². The maximum absolute atomic E-state index is 12.1. The predicted molar refractivity (Wildman–Crippen MR) is 108 cm³/mol. The summed E-state index contributed by atoms with van der Waals surface area (Å²) in [6.45, 7) is 1.67. The van der Waals surface area contributed by atoms with Gasteiger partial charge in [-0.25, -0.2) is 0 Å². The number of ether oxygens (including phenoxy) is 1. The monoisotopic (exact) mass is 448 g/mol. The molecule has 1 aromatic carbocycles. The van der Waals surface area contributed by atoms with Gasteiger partial charge in [0.2, 0.25) is 5.89 Å². The number of aromatic nitrogens is 4. The van der Waals surface area contributed by atoms with E-state index >= 15 is 0 Å². The van der Waals surface area contributed by atoms with Gasteiger partial charge in [0.15, 0.2) is 6.10 Å². The molecular weight excluding hydrogens is 436 g/mol. The number of carbonyl (C=O) groups is 1. The second-order valence-corrected chi connectivity index (χ2v) is 8.03. The molecule has 148 valence electrons. The second-order valence-electron chi connectivity index (χ2n) is 5.72. The highest BCUT2D eigenvalue weighted by Gasteiger charge is 2.20. The van der Waals surface area contributed by atoms with Crippen LogP contribution in [0, 0.1) is 0 Å². The molecule has 0 N–H and O–H groups in total. The fourth-order valence-corrected chi connectivity index (χ4v) is 3.59. The summed E-state index contributed by atoms with van der Waals surface area (Å²) in [7, 11) is 0. The van der Waals surface area contributed by atoms with Crippen LogP contribution in [-0.2, 0) is 9.53 Å². The number of hydrogen-bond donors (Lipinski definition) is 0. The molecule has 1 atom stereocenters. The van der Waals surface area contributed by atoms with Gasteiger partial charge >= 0.3 is 5.97 Å². The van der Waals surface area contributed by atoms with Crippen molar-refractivity contribution in [2.45, 2.75) is 18.3 Å². The minimum Gasteiger partial charge on any atom is -0.452 e. The fourth-order valence-electron chi connectivity index (χ4n) is 2.28. The van der Waals surface area contributed by atoms with Crippen LogP contribution in [0.1, 0.15) is 18.9 Å². The van der Waals surface area contributed by atoms with E-state index in [-0.39, 0.29) is 16.9 Å². The third-order valence-corrected chi connectivity index (χ3v) is 5.54. The molecule has 0 saturated heterocycles. The van der Waals surface area contributed by atoms with E-state index in [4.69, 9.17) is 25.2 Å². The van der Waals surface area contributed by atoms with Crippen LogP contribution in [0.2, 0.25) is 5.02 Å². The Labute approximate surface area is 178 Å². The average molecular weight is 449 g/mol. The van der Waals surface area contributed by atoms with Crippen LogP contribution in [0.4, 0.5) is 0 Å². The number of hydrogen-bond acceptors (Lipinski definition) is 10. The Hall–Kier alpha value is -2.69. The lowest BCUT2D eigenvalue weighted by atomic mass is 10.2. The lowest BCUT2D eigenvalue weighted by Crippen LogP contribution is -2.11. The van der Waals surface area contributed by atoms with Crippen molar-refractivity contribution in [1.82, 2.24) is 20.4 Å². The van der Waals surface area contributed by atoms with Gasteiger partial charge in [0.25, 0.3) is 17.0 Å². The molecule has 0 saturated carbocycles. The van der Waals surface area contributed by atoms with Crippen LogP contribution in [0.15, 0.2) is 55.8 Å². The molecule has 0 fully saturated rings. The van der Waals surface area contributed by atoms with E-state index in [2.05, 4.69) is 20.4 Å². The highest BCUT2D eigenvalue weighted by Crippen LogP contribution is 2.27. The first-order valence-corrected chi connectivity index (χ1v) is 10.6. The Bertz CT molecular complexity index is 1100. The summed E-state index contributed by atoms with van der Waals surface area (Å²) in [5.74, 6) is 0.503. The molecular formula is C18H13ClN4O4S2. The van der Waals surface area contributed by atoms with Crippen molar-refractivity contribution in [3.63, 3.8) is 0 Å². The first-order valence-electron chi connectivity index (χ1n) is 8.37. The van der Waals surface area contributed by atoms with Gasteiger partial charge in [-0.05, 0) is 42.6 Å². The Morgan fingerprint density at radius 3 is 2.69 bits per heavy atom. The van der Waals surface area contributed by atoms with Gasteiger partial charge < -0.3 is 13.6 Å². The first kappa shape index (κ1) is 19.6. The molecule has 0 amide bonds. The summed E-state index contributed by atoms with van der Waals surface area (Å²) in [5, 5.41) is 18.6. The zero-order valence-corrected chi connectivity index (χ0v) is 17.3. The number of benzene rings is 1. The van der Waals surface area contributed by atoms with Crippen LogP contribution in [0.5, 0.6) is 0 Å². The van der Waals surface area contributed by atoms with Crippen molar-refractivity contribution in [3.05, 3.63) is 52.7 Å². The Kier molecular flexibility index (Phi) is 5.93. The number of thiophene rings is 1. The Morgan fingerprint density at radius 2 is 1.93 bits per heavy atom. The lowest BCUT2D eigenvalue weighted by molar-refractivity contribution is -0.146. The number of halogens is 1. The quantitative estimate of drug-likeness (QED) is 0.288. The maximum Gasteiger partial charge on any atom is 0.317 e. The molecule has 29 heavy (non-hydrogen) atoms. The molecule has 0 radical (unpaired) electrons. The molecule has 0 aliphatic rings. The number of carbonyl (C=O) groups excluding carboxylic acids is 1. The van der Waals surface area contributed by atoms with E-state index in [0.717, 1.165) is 22.2 Å². The largest absolute Gasteiger partial charge is 0.452 e. The predicted octanol–water partition coefficient (Wildman–Crippen LogP) is 4.90. The highest BCUT2D eigenvalue weighted by molar-refractivity contribution is 7.99. The van der Waals surface area contributed by atoms with Gasteiger partial charge in [0.1, 0.15) is 5.75 Å². The van der Waals surface area contributed by atoms with E-state index in [1.54, 1.807) is 31.2 Å². The summed E-state index contributed by atoms with van der Waals surface area (Å²) >= 11 is 8.43. The number of nitrogens with zero attached hydrogens (tertiary/aromatic N) is 4. The van der Waals surface area contributed by atoms with Crippen LogP contribution >= 0.6 is 34.7 Å². The number of esters is 1. The standard InChI is InChI=1S/C18H13ClN4O4S2/c1-10(15-20-22-17(26-15)13-3-2-8-28-13)25-14(24)9-29-18-23-21-16(27-18)11-4-6-12(19)7-5-11/h2-8,10H,9H2,1H3. The topological polar surface area (TPSA) is 104 Å². The summed E-state index contributed by atoms with van der Waals surface area (Å²) in [6, 6.07) is 10.8. The number of rotatable bonds is 7. The zero-order valence-electron chi connectivity index (χ0n) is 14.9. The molecule has 4 aromatic rings. The van der Waals surface area contributed by atoms with Crippen molar-refractivity contribution >= 4 is 40.7 Å². The molecule has 1 unspecified atom stereocenters. The average Bonchev–Trinajstić information content (AvgIpc) is 3.48. The van der Waals surface area contributed by atoms with Gasteiger partial charge in [0.05, 0.1) is 4.88 Å². The van der Waals surface area contributed by atoms with Crippen molar-refractivity contribution in [2.24, 2.45) is 0 Å². The van der Waals surface area contributed by atoms with E-state index in [1.807, 2.05) is 17.5 Å². The summed E-state index contributed by atoms with van der Waals surface area (Å²) < 4.78 is 16.4. The lowest BCUT2D eigenvalue weighted by Gasteiger charge is -2.08. The molecule has 0 spiro atoms. The molecule has 0 aliphatic heterocycles. The van der Waals surface area contributed by atoms with Crippen molar-refractivity contribution in [1.29, 1.82) is 0 Å². The van der Waals surface area contributed by atoms with Gasteiger partial charge in [-0.1, -0.05) is 29.4 Å². The molecule has 3 heterocycles. The molecule has 4 rings (SSSR count). The van der Waals surface area contributed by atoms with E-state index in [1.165, 1.54) is 11.3 Å². The summed E-state index contributed by atoms with van der Waals surface area (Å²) in [4.78, 5) is 13.0. The minimum absolute atomic E-state index is 0.00148. The van der Waals surface area contributed by atoms with Gasteiger partial charge in [0, 0.05) is 10.6 Å². The number of thioether (sulfide) groups is 1. The Morgan fingerprint density at radius 1 is 1.14 bits per heavy atom. The van der Waals surface area contributed by atoms with Gasteiger partial charge in [-0.2, -0.15) is 0 Å². The Balaban J connectivity index is 1.30. The molecule has 11 heteroatoms. The van der Waals surface area contributed by atoms with Crippen LogP contribution in [-0.4, -0.2) is 32.1 Å². The maximum atomic E-state index is 12.1. The van der Waals surface area contributed by atoms with Gasteiger partial charge in [-0.15, -0.1) is 31.7 Å². The minimum atomic E-state index is -0.670. The molecule has 3 aromatic heterocycles. The van der Waals surface area contributed by atoms with Crippen molar-refractivity contribution in [3.8, 4) is 22.2 Å². The molecule has 8 nitrogen and oxygen atoms in total. The normalized spacial score (nSPS) is 12.1. The van der Waals surface area contributed by atoms with E-state index in [0.29, 0.717) is 16.8 Å². The molecule has 0 bridgehead atoms. The smallest absolute Gasteiger partial charge is 0.317 e. The molecule has 0 aliphatic carbocycles. The SMILES string of the molecule is CC(OC(=O)CSc1nnc(-c2ccc(Cl)cc2)o1)c1nnc(-c2cccs2)o1. The van der Waals surface area contributed by atoms with Crippen LogP contribution in [0.25, 0.3) is 22.2 Å². The summed E-state index contributed by atoms with van der Waals surface area (Å²) in [5.41, 5.74) is 0.739. The third-order valence-electron chi connectivity index (χ3n) is 3.64. The van der Waals surface area contributed by atoms with E-state index in [9.17, 15) is 4.79 Å².